The number of hydrazone groups is 1. The summed E-state index contributed by atoms with van der Waals surface area (Å²) >= 11 is 0. The van der Waals surface area contributed by atoms with Gasteiger partial charge in [0.1, 0.15) is 18.1 Å². The average molecular weight is 269 g/mol. The van der Waals surface area contributed by atoms with Crippen LogP contribution in [0.25, 0.3) is 0 Å². The molecule has 2 N–H and O–H groups in total. The Morgan fingerprint density at radius 1 is 1.40 bits per heavy atom. The summed E-state index contributed by atoms with van der Waals surface area (Å²) in [6.07, 6.45) is 4.91. The molecule has 0 bridgehead atoms. The quantitative estimate of drug-likeness (QED) is 0.480. The lowest BCUT2D eigenvalue weighted by Gasteiger charge is -2.03. The fraction of sp³-hybridized carbons (Fsp3) is 0.0667. The molecular weight excluding hydrogens is 254 g/mol. The Kier molecular flexibility index (Phi) is 4.72. The van der Waals surface area contributed by atoms with Gasteiger partial charge in [0.2, 0.25) is 0 Å². The second-order valence-electron chi connectivity index (χ2n) is 3.96. The molecule has 0 aliphatic rings. The SMILES string of the molecule is C=CCOc1cccc(/C=N\NC(=O)c2ccc[nH]2)c1. The topological polar surface area (TPSA) is 66.5 Å². The van der Waals surface area contributed by atoms with Crippen LogP contribution in [0.2, 0.25) is 0 Å². The Morgan fingerprint density at radius 3 is 3.05 bits per heavy atom. The summed E-state index contributed by atoms with van der Waals surface area (Å²) < 4.78 is 5.41. The van der Waals surface area contributed by atoms with Crippen LogP contribution in [0, 0.1) is 0 Å². The molecule has 0 radical (unpaired) electrons. The maximum atomic E-state index is 11.6. The third-order valence-corrected chi connectivity index (χ3v) is 2.45. The van der Waals surface area contributed by atoms with Crippen molar-refractivity contribution in [1.82, 2.24) is 10.4 Å². The molecule has 0 atom stereocenters. The van der Waals surface area contributed by atoms with E-state index in [0.29, 0.717) is 12.3 Å². The molecule has 0 saturated carbocycles. The number of nitrogens with one attached hydrogen (secondary N) is 2. The van der Waals surface area contributed by atoms with Gasteiger partial charge in [0.15, 0.2) is 0 Å². The van der Waals surface area contributed by atoms with E-state index in [1.807, 2.05) is 24.3 Å². The third-order valence-electron chi connectivity index (χ3n) is 2.45. The maximum Gasteiger partial charge on any atom is 0.287 e. The van der Waals surface area contributed by atoms with Gasteiger partial charge >= 0.3 is 0 Å². The molecule has 2 aromatic rings. The molecule has 1 aromatic heterocycles. The second kappa shape index (κ2) is 6.94. The van der Waals surface area contributed by atoms with E-state index in [1.54, 1.807) is 30.6 Å². The summed E-state index contributed by atoms with van der Waals surface area (Å²) in [6.45, 7) is 4.04. The van der Waals surface area contributed by atoms with Crippen molar-refractivity contribution in [3.63, 3.8) is 0 Å². The van der Waals surface area contributed by atoms with Crippen LogP contribution in [-0.4, -0.2) is 23.7 Å². The first-order valence-electron chi connectivity index (χ1n) is 6.10. The standard InChI is InChI=1S/C15H15N3O2/c1-2-9-20-13-6-3-5-12(10-13)11-17-18-15(19)14-7-4-8-16-14/h2-8,10-11,16H,1,9H2,(H,18,19)/b17-11-. The van der Waals surface area contributed by atoms with Crippen molar-refractivity contribution in [1.29, 1.82) is 0 Å². The number of hydrogen-bond acceptors (Lipinski definition) is 3. The zero-order chi connectivity index (χ0) is 14.2. The Hall–Kier alpha value is -2.82. The van der Waals surface area contributed by atoms with E-state index in [-0.39, 0.29) is 5.91 Å². The van der Waals surface area contributed by atoms with Gasteiger partial charge in [0.25, 0.3) is 5.91 Å². The summed E-state index contributed by atoms with van der Waals surface area (Å²) in [6, 6.07) is 10.8. The van der Waals surface area contributed by atoms with E-state index in [4.69, 9.17) is 4.74 Å². The minimum atomic E-state index is -0.287. The highest BCUT2D eigenvalue weighted by Gasteiger charge is 2.02. The first-order valence-corrected chi connectivity index (χ1v) is 6.10. The second-order valence-corrected chi connectivity index (χ2v) is 3.96. The Balaban J connectivity index is 1.94. The van der Waals surface area contributed by atoms with Gasteiger partial charge in [-0.3, -0.25) is 4.79 Å². The molecule has 0 spiro atoms. The van der Waals surface area contributed by atoms with Crippen LogP contribution in [0.3, 0.4) is 0 Å². The number of benzene rings is 1. The average Bonchev–Trinajstić information content (AvgIpc) is 3.00. The summed E-state index contributed by atoms with van der Waals surface area (Å²) in [4.78, 5) is 14.4. The molecule has 5 heteroatoms. The van der Waals surface area contributed by atoms with E-state index in [2.05, 4.69) is 22.1 Å². The van der Waals surface area contributed by atoms with Crippen molar-refractivity contribution < 1.29 is 9.53 Å². The van der Waals surface area contributed by atoms with Crippen LogP contribution in [0.1, 0.15) is 16.1 Å². The van der Waals surface area contributed by atoms with Gasteiger partial charge in [-0.25, -0.2) is 5.43 Å². The number of aromatic amines is 1. The van der Waals surface area contributed by atoms with Crippen LogP contribution in [0.4, 0.5) is 0 Å². The number of hydrogen-bond donors (Lipinski definition) is 2. The number of H-pyrrole nitrogens is 1. The van der Waals surface area contributed by atoms with Gasteiger partial charge in [-0.05, 0) is 29.8 Å². The van der Waals surface area contributed by atoms with Crippen molar-refractivity contribution in [3.8, 4) is 5.75 Å². The predicted molar refractivity (Wildman–Crippen MR) is 78.0 cm³/mol. The number of carbonyl (C=O) groups excluding carboxylic acids is 1. The minimum Gasteiger partial charge on any atom is -0.490 e. The number of carbonyl (C=O) groups is 1. The Labute approximate surface area is 117 Å². The van der Waals surface area contributed by atoms with Crippen molar-refractivity contribution in [2.24, 2.45) is 5.10 Å². The largest absolute Gasteiger partial charge is 0.490 e. The lowest BCUT2D eigenvalue weighted by Crippen LogP contribution is -2.17. The highest BCUT2D eigenvalue weighted by molar-refractivity contribution is 5.93. The molecule has 0 aliphatic carbocycles. The van der Waals surface area contributed by atoms with E-state index < -0.39 is 0 Å². The van der Waals surface area contributed by atoms with Gasteiger partial charge in [-0.2, -0.15) is 5.10 Å². The van der Waals surface area contributed by atoms with Crippen molar-refractivity contribution >= 4 is 12.1 Å². The predicted octanol–water partition coefficient (Wildman–Crippen LogP) is 2.34. The third kappa shape index (κ3) is 3.84. The van der Waals surface area contributed by atoms with Crippen molar-refractivity contribution in [2.75, 3.05) is 6.61 Å². The van der Waals surface area contributed by atoms with Crippen LogP contribution in [0.5, 0.6) is 5.75 Å². The molecular formula is C15H15N3O2. The van der Waals surface area contributed by atoms with E-state index >= 15 is 0 Å². The maximum absolute atomic E-state index is 11.6. The smallest absolute Gasteiger partial charge is 0.287 e. The molecule has 0 unspecified atom stereocenters. The van der Waals surface area contributed by atoms with E-state index in [0.717, 1.165) is 11.3 Å². The van der Waals surface area contributed by atoms with Crippen molar-refractivity contribution in [3.05, 3.63) is 66.5 Å². The van der Waals surface area contributed by atoms with Gasteiger partial charge in [-0.1, -0.05) is 24.8 Å². The first kappa shape index (κ1) is 13.6. The highest BCUT2D eigenvalue weighted by Crippen LogP contribution is 2.11. The van der Waals surface area contributed by atoms with Gasteiger partial charge in [0.05, 0.1) is 6.21 Å². The molecule has 0 saturated heterocycles. The Bertz CT molecular complexity index is 603. The molecule has 0 fully saturated rings. The summed E-state index contributed by atoms with van der Waals surface area (Å²) in [5.41, 5.74) is 3.73. The lowest BCUT2D eigenvalue weighted by molar-refractivity contribution is 0.0951. The lowest BCUT2D eigenvalue weighted by atomic mass is 10.2. The zero-order valence-corrected chi connectivity index (χ0v) is 10.9. The Morgan fingerprint density at radius 2 is 2.30 bits per heavy atom. The summed E-state index contributed by atoms with van der Waals surface area (Å²) in [5, 5.41) is 3.90. The van der Waals surface area contributed by atoms with Crippen LogP contribution >= 0.6 is 0 Å². The molecule has 20 heavy (non-hydrogen) atoms. The first-order chi connectivity index (χ1) is 9.79. The number of aromatic nitrogens is 1. The summed E-state index contributed by atoms with van der Waals surface area (Å²) in [5.74, 6) is 0.440. The zero-order valence-electron chi connectivity index (χ0n) is 10.9. The molecule has 2 rings (SSSR count). The molecule has 0 aliphatic heterocycles. The minimum absolute atomic E-state index is 0.287. The molecule has 1 amide bonds. The number of rotatable bonds is 6. The molecule has 1 aromatic carbocycles. The monoisotopic (exact) mass is 269 g/mol. The highest BCUT2D eigenvalue weighted by atomic mass is 16.5. The fourth-order valence-corrected chi connectivity index (χ4v) is 1.54. The number of nitrogens with zero attached hydrogens (tertiary/aromatic N) is 1. The number of amides is 1. The summed E-state index contributed by atoms with van der Waals surface area (Å²) in [7, 11) is 0. The molecule has 1 heterocycles. The van der Waals surface area contributed by atoms with Crippen LogP contribution < -0.4 is 10.2 Å². The van der Waals surface area contributed by atoms with E-state index in [1.165, 1.54) is 0 Å². The van der Waals surface area contributed by atoms with Crippen LogP contribution in [0.15, 0.2) is 60.4 Å². The van der Waals surface area contributed by atoms with Gasteiger partial charge in [0, 0.05) is 6.20 Å². The van der Waals surface area contributed by atoms with E-state index in [9.17, 15) is 4.79 Å². The van der Waals surface area contributed by atoms with Gasteiger partial charge in [-0.15, -0.1) is 0 Å². The molecule has 102 valence electrons. The normalized spacial score (nSPS) is 10.4. The molecule has 5 nitrogen and oxygen atoms in total. The van der Waals surface area contributed by atoms with Crippen LogP contribution in [-0.2, 0) is 0 Å². The number of ether oxygens (including phenoxy) is 1. The van der Waals surface area contributed by atoms with Gasteiger partial charge < -0.3 is 9.72 Å². The van der Waals surface area contributed by atoms with Crippen molar-refractivity contribution in [2.45, 2.75) is 0 Å². The fourth-order valence-electron chi connectivity index (χ4n) is 1.54.